The van der Waals surface area contributed by atoms with Crippen LogP contribution in [0.25, 0.3) is 0 Å². The summed E-state index contributed by atoms with van der Waals surface area (Å²) in [6.07, 6.45) is -2.04. The molecule has 0 bridgehead atoms. The van der Waals surface area contributed by atoms with Gasteiger partial charge in [-0.15, -0.1) is 5.10 Å². The smallest absolute Gasteiger partial charge is 0.432 e. The monoisotopic (exact) mass is 367 g/mol. The molecule has 0 aromatic carbocycles. The molecule has 10 heteroatoms. The normalized spacial score (nSPS) is 11.3. The Hall–Kier alpha value is -2.68. The van der Waals surface area contributed by atoms with Crippen LogP contribution < -0.4 is 4.90 Å². The maximum Gasteiger partial charge on any atom is 0.432 e. The zero-order valence-electron chi connectivity index (χ0n) is 14.4. The Morgan fingerprint density at radius 1 is 1.20 bits per heavy atom. The van der Waals surface area contributed by atoms with E-state index in [2.05, 4.69) is 15.1 Å². The minimum absolute atomic E-state index is 0.0447. The molecule has 2 rings (SSSR count). The van der Waals surface area contributed by atoms with Crippen molar-refractivity contribution in [2.75, 3.05) is 4.90 Å². The lowest BCUT2D eigenvalue weighted by molar-refractivity contribution is 0.0597. The number of aromatic nitrogens is 4. The molecule has 0 atom stereocenters. The maximum absolute atomic E-state index is 12.7. The summed E-state index contributed by atoms with van der Waals surface area (Å²) in [6.45, 7) is 8.37. The van der Waals surface area contributed by atoms with Crippen molar-refractivity contribution < 1.29 is 19.4 Å². The first kappa shape index (κ1) is 18.7. The zero-order chi connectivity index (χ0) is 18.9. The number of amides is 1. The highest BCUT2D eigenvalue weighted by atomic mass is 35.5. The van der Waals surface area contributed by atoms with E-state index in [1.54, 1.807) is 34.6 Å². The fraction of sp³-hybridized carbons (Fsp3) is 0.400. The van der Waals surface area contributed by atoms with Crippen LogP contribution in [-0.2, 0) is 4.74 Å². The summed E-state index contributed by atoms with van der Waals surface area (Å²) in [5, 5.41) is 13.0. The molecule has 0 fully saturated rings. The van der Waals surface area contributed by atoms with Gasteiger partial charge in [0.15, 0.2) is 5.82 Å². The highest BCUT2D eigenvalue weighted by molar-refractivity contribution is 6.28. The summed E-state index contributed by atoms with van der Waals surface area (Å²) < 4.78 is 6.14. The number of hydrogen-bond donors (Lipinski definition) is 1. The van der Waals surface area contributed by atoms with Gasteiger partial charge in [-0.25, -0.2) is 19.5 Å². The predicted octanol–water partition coefficient (Wildman–Crippen LogP) is 3.54. The lowest BCUT2D eigenvalue weighted by Gasteiger charge is -2.25. The van der Waals surface area contributed by atoms with Crippen molar-refractivity contribution in [3.8, 4) is 0 Å². The third-order valence-electron chi connectivity index (χ3n) is 2.90. The molecule has 0 aliphatic heterocycles. The first-order valence-electron chi connectivity index (χ1n) is 7.32. The molecule has 1 N–H and O–H groups in total. The summed E-state index contributed by atoms with van der Waals surface area (Å²) in [6, 6.07) is 2.95. The Morgan fingerprint density at radius 3 is 2.32 bits per heavy atom. The largest absolute Gasteiger partial charge is 0.463 e. The molecular weight excluding hydrogens is 350 g/mol. The Balaban J connectivity index is 2.58. The average Bonchev–Trinajstić information content (AvgIpc) is 2.77. The third-order valence-corrected chi connectivity index (χ3v) is 3.07. The molecule has 1 amide bonds. The number of rotatable bonds is 2. The average molecular weight is 368 g/mol. The standard InChI is InChI=1S/C15H18ClN5O4/c1-8-6-10(18-12(16)17-8)20(14(24)25-15(3,4)5)11-7-9(2)21(19-11)13(22)23/h6-7H,1-5H3,(H,22,23). The summed E-state index contributed by atoms with van der Waals surface area (Å²) in [4.78, 5) is 32.9. The van der Waals surface area contributed by atoms with E-state index in [4.69, 9.17) is 21.4 Å². The molecule has 134 valence electrons. The Bertz CT molecular complexity index is 808. The Kier molecular flexibility index (Phi) is 4.98. The molecule has 0 saturated heterocycles. The van der Waals surface area contributed by atoms with Gasteiger partial charge >= 0.3 is 12.2 Å². The molecule has 2 aromatic heterocycles. The van der Waals surface area contributed by atoms with Crippen molar-refractivity contribution in [2.24, 2.45) is 0 Å². The summed E-state index contributed by atoms with van der Waals surface area (Å²) in [5.41, 5.74) is 0.0805. The van der Waals surface area contributed by atoms with E-state index < -0.39 is 17.8 Å². The summed E-state index contributed by atoms with van der Waals surface area (Å²) in [7, 11) is 0. The SMILES string of the molecule is Cc1cc(N(C(=O)OC(C)(C)C)c2cc(C)n(C(=O)O)n2)nc(Cl)n1. The van der Waals surface area contributed by atoms with Crippen LogP contribution >= 0.6 is 11.6 Å². The third kappa shape index (κ3) is 4.44. The van der Waals surface area contributed by atoms with Gasteiger partial charge in [0.25, 0.3) is 0 Å². The number of carbonyl (C=O) groups is 2. The first-order chi connectivity index (χ1) is 11.5. The minimum atomic E-state index is -1.27. The van der Waals surface area contributed by atoms with Crippen LogP contribution in [0.5, 0.6) is 0 Å². The first-order valence-corrected chi connectivity index (χ1v) is 7.70. The van der Waals surface area contributed by atoms with Gasteiger partial charge in [-0.3, -0.25) is 0 Å². The second-order valence-electron chi connectivity index (χ2n) is 6.29. The van der Waals surface area contributed by atoms with Gasteiger partial charge in [0.05, 0.1) is 5.69 Å². The number of carbonyl (C=O) groups excluding carboxylic acids is 1. The number of ether oxygens (including phenoxy) is 1. The van der Waals surface area contributed by atoms with Crippen LogP contribution in [0.3, 0.4) is 0 Å². The molecule has 0 unspecified atom stereocenters. The number of carboxylic acid groups (broad SMARTS) is 1. The highest BCUT2D eigenvalue weighted by Crippen LogP contribution is 2.27. The molecule has 0 aliphatic rings. The molecule has 9 nitrogen and oxygen atoms in total. The predicted molar refractivity (Wildman–Crippen MR) is 90.5 cm³/mol. The molecule has 2 aromatic rings. The fourth-order valence-corrected chi connectivity index (χ4v) is 2.22. The number of halogens is 1. The van der Waals surface area contributed by atoms with Crippen LogP contribution in [0, 0.1) is 13.8 Å². The molecule has 25 heavy (non-hydrogen) atoms. The summed E-state index contributed by atoms with van der Waals surface area (Å²) >= 11 is 5.89. The van der Waals surface area contributed by atoms with Crippen molar-refractivity contribution in [1.29, 1.82) is 0 Å². The lowest BCUT2D eigenvalue weighted by atomic mass is 10.2. The van der Waals surface area contributed by atoms with Crippen molar-refractivity contribution in [3.63, 3.8) is 0 Å². The number of anilines is 2. The fourth-order valence-electron chi connectivity index (χ4n) is 2.00. The number of nitrogens with zero attached hydrogens (tertiary/aromatic N) is 5. The second kappa shape index (κ2) is 6.67. The maximum atomic E-state index is 12.7. The van der Waals surface area contributed by atoms with Crippen molar-refractivity contribution in [1.82, 2.24) is 19.7 Å². The topological polar surface area (TPSA) is 110 Å². The van der Waals surface area contributed by atoms with E-state index in [0.717, 1.165) is 9.58 Å². The minimum Gasteiger partial charge on any atom is -0.463 e. The molecular formula is C15H18ClN5O4. The van der Waals surface area contributed by atoms with E-state index in [1.165, 1.54) is 12.1 Å². The van der Waals surface area contributed by atoms with Gasteiger partial charge < -0.3 is 9.84 Å². The van der Waals surface area contributed by atoms with E-state index in [9.17, 15) is 9.59 Å². The van der Waals surface area contributed by atoms with Gasteiger partial charge in [-0.1, -0.05) is 0 Å². The van der Waals surface area contributed by atoms with E-state index in [1.807, 2.05) is 0 Å². The van der Waals surface area contributed by atoms with Crippen LogP contribution in [0.1, 0.15) is 32.2 Å². The van der Waals surface area contributed by atoms with Gasteiger partial charge in [0.2, 0.25) is 5.28 Å². The quantitative estimate of drug-likeness (QED) is 0.808. The molecule has 0 radical (unpaired) electrons. The molecule has 0 spiro atoms. The summed E-state index contributed by atoms with van der Waals surface area (Å²) in [5.74, 6) is 0.171. The van der Waals surface area contributed by atoms with Crippen LogP contribution in [-0.4, -0.2) is 42.6 Å². The molecule has 2 heterocycles. The van der Waals surface area contributed by atoms with Gasteiger partial charge in [0.1, 0.15) is 11.4 Å². The molecule has 0 saturated carbocycles. The van der Waals surface area contributed by atoms with Crippen LogP contribution in [0.2, 0.25) is 5.28 Å². The lowest BCUT2D eigenvalue weighted by Crippen LogP contribution is -2.34. The van der Waals surface area contributed by atoms with Crippen LogP contribution in [0.15, 0.2) is 12.1 Å². The Morgan fingerprint density at radius 2 is 1.84 bits per heavy atom. The van der Waals surface area contributed by atoms with Gasteiger partial charge in [0, 0.05) is 17.8 Å². The van der Waals surface area contributed by atoms with Crippen molar-refractivity contribution in [2.45, 2.75) is 40.2 Å². The van der Waals surface area contributed by atoms with Crippen LogP contribution in [0.4, 0.5) is 21.2 Å². The number of hydrogen-bond acceptors (Lipinski definition) is 6. The number of aryl methyl sites for hydroxylation is 2. The highest BCUT2D eigenvalue weighted by Gasteiger charge is 2.29. The second-order valence-corrected chi connectivity index (χ2v) is 6.63. The van der Waals surface area contributed by atoms with E-state index in [-0.39, 0.29) is 16.9 Å². The van der Waals surface area contributed by atoms with Crippen molar-refractivity contribution in [3.05, 3.63) is 28.8 Å². The van der Waals surface area contributed by atoms with Gasteiger partial charge in [-0.05, 0) is 46.2 Å². The molecule has 0 aliphatic carbocycles. The zero-order valence-corrected chi connectivity index (χ0v) is 15.2. The van der Waals surface area contributed by atoms with Gasteiger partial charge in [-0.2, -0.15) is 9.67 Å². The van der Waals surface area contributed by atoms with Crippen molar-refractivity contribution >= 4 is 35.4 Å². The van der Waals surface area contributed by atoms with E-state index >= 15 is 0 Å². The Labute approximate surface area is 149 Å². The van der Waals surface area contributed by atoms with E-state index in [0.29, 0.717) is 11.4 Å².